The van der Waals surface area contributed by atoms with Crippen LogP contribution in [0.15, 0.2) is 36.7 Å². The molecular weight excluding hydrogens is 285 g/mol. The summed E-state index contributed by atoms with van der Waals surface area (Å²) in [5.74, 6) is -0.710. The first-order valence-corrected chi connectivity index (χ1v) is 5.89. The zero-order chi connectivity index (χ0) is 15.5. The first-order chi connectivity index (χ1) is 9.91. The van der Waals surface area contributed by atoms with Gasteiger partial charge in [-0.25, -0.2) is 9.97 Å². The van der Waals surface area contributed by atoms with E-state index in [-0.39, 0.29) is 17.2 Å². The molecule has 8 heteroatoms. The quantitative estimate of drug-likeness (QED) is 0.914. The Bertz CT molecular complexity index is 644. The number of rotatable bonds is 3. The summed E-state index contributed by atoms with van der Waals surface area (Å²) in [6, 6.07) is 4.44. The van der Waals surface area contributed by atoms with Crippen LogP contribution in [0.4, 0.5) is 24.8 Å². The Kier molecular flexibility index (Phi) is 4.06. The molecule has 1 amide bonds. The van der Waals surface area contributed by atoms with E-state index < -0.39 is 17.6 Å². The largest absolute Gasteiger partial charge is 0.416 e. The Morgan fingerprint density at radius 2 is 1.86 bits per heavy atom. The van der Waals surface area contributed by atoms with Crippen LogP contribution in [0.3, 0.4) is 0 Å². The highest BCUT2D eigenvalue weighted by Crippen LogP contribution is 2.31. The van der Waals surface area contributed by atoms with Gasteiger partial charge in [-0.15, -0.1) is 0 Å². The molecule has 2 rings (SSSR count). The van der Waals surface area contributed by atoms with E-state index in [0.29, 0.717) is 0 Å². The summed E-state index contributed by atoms with van der Waals surface area (Å²) in [5.41, 5.74) is -0.767. The minimum atomic E-state index is -4.52. The molecule has 1 aromatic heterocycles. The molecule has 0 aliphatic heterocycles. The van der Waals surface area contributed by atoms with Crippen molar-refractivity contribution in [2.75, 3.05) is 17.7 Å². The van der Waals surface area contributed by atoms with Gasteiger partial charge in [0.05, 0.1) is 11.1 Å². The standard InChI is InChI=1S/C13H11F3N4O/c1-17-10-4-3-8(13(14,15)16)7-9(10)11(21)20-12-18-5-2-6-19-12/h2-7,17H,1H3,(H,18,19,20,21). The summed E-state index contributed by atoms with van der Waals surface area (Å²) in [5, 5.41) is 5.02. The number of carbonyl (C=O) groups is 1. The Morgan fingerprint density at radius 1 is 1.19 bits per heavy atom. The summed E-state index contributed by atoms with van der Waals surface area (Å²) in [7, 11) is 1.51. The fourth-order valence-electron chi connectivity index (χ4n) is 1.66. The third-order valence-corrected chi connectivity index (χ3v) is 2.65. The minimum absolute atomic E-state index is 0.0157. The van der Waals surface area contributed by atoms with Crippen LogP contribution in [0.25, 0.3) is 0 Å². The number of halogens is 3. The fourth-order valence-corrected chi connectivity index (χ4v) is 1.66. The maximum atomic E-state index is 12.7. The average molecular weight is 296 g/mol. The highest BCUT2D eigenvalue weighted by Gasteiger charge is 2.31. The predicted octanol–water partition coefficient (Wildman–Crippen LogP) is 2.79. The van der Waals surface area contributed by atoms with Crippen molar-refractivity contribution in [2.24, 2.45) is 0 Å². The van der Waals surface area contributed by atoms with E-state index in [0.717, 1.165) is 12.1 Å². The molecule has 0 fully saturated rings. The first-order valence-electron chi connectivity index (χ1n) is 5.89. The summed E-state index contributed by atoms with van der Waals surface area (Å²) < 4.78 is 38.2. The molecule has 0 radical (unpaired) electrons. The number of hydrogen-bond donors (Lipinski definition) is 2. The van der Waals surface area contributed by atoms with Gasteiger partial charge in [0.1, 0.15) is 0 Å². The van der Waals surface area contributed by atoms with E-state index in [1.165, 1.54) is 25.5 Å². The number of aromatic nitrogens is 2. The van der Waals surface area contributed by atoms with Crippen molar-refractivity contribution >= 4 is 17.5 Å². The normalized spacial score (nSPS) is 11.0. The summed E-state index contributed by atoms with van der Waals surface area (Å²) >= 11 is 0. The van der Waals surface area contributed by atoms with Crippen LogP contribution >= 0.6 is 0 Å². The van der Waals surface area contributed by atoms with Crippen LogP contribution in [-0.4, -0.2) is 22.9 Å². The number of anilines is 2. The molecule has 0 saturated heterocycles. The van der Waals surface area contributed by atoms with Crippen LogP contribution in [0.1, 0.15) is 15.9 Å². The van der Waals surface area contributed by atoms with Gasteiger partial charge in [-0.3, -0.25) is 10.1 Å². The van der Waals surface area contributed by atoms with Gasteiger partial charge >= 0.3 is 6.18 Å². The van der Waals surface area contributed by atoms with Gasteiger partial charge in [0.2, 0.25) is 5.95 Å². The molecule has 0 unspecified atom stereocenters. The van der Waals surface area contributed by atoms with Crippen LogP contribution < -0.4 is 10.6 Å². The topological polar surface area (TPSA) is 66.9 Å². The molecule has 0 bridgehead atoms. The second kappa shape index (κ2) is 5.78. The maximum absolute atomic E-state index is 12.7. The zero-order valence-electron chi connectivity index (χ0n) is 10.9. The maximum Gasteiger partial charge on any atom is 0.416 e. The van der Waals surface area contributed by atoms with Crippen molar-refractivity contribution in [3.63, 3.8) is 0 Å². The number of carbonyl (C=O) groups excluding carboxylic acids is 1. The van der Waals surface area contributed by atoms with E-state index in [9.17, 15) is 18.0 Å². The van der Waals surface area contributed by atoms with Gasteiger partial charge in [0.15, 0.2) is 0 Å². The molecule has 2 aromatic rings. The minimum Gasteiger partial charge on any atom is -0.387 e. The highest BCUT2D eigenvalue weighted by atomic mass is 19.4. The van der Waals surface area contributed by atoms with Gasteiger partial charge in [-0.2, -0.15) is 13.2 Å². The van der Waals surface area contributed by atoms with Gasteiger partial charge < -0.3 is 5.32 Å². The Balaban J connectivity index is 2.34. The van der Waals surface area contributed by atoms with Gasteiger partial charge in [-0.05, 0) is 24.3 Å². The molecule has 2 N–H and O–H groups in total. The molecular formula is C13H11F3N4O. The lowest BCUT2D eigenvalue weighted by Crippen LogP contribution is -2.17. The number of nitrogens with one attached hydrogen (secondary N) is 2. The highest BCUT2D eigenvalue weighted by molar-refractivity contribution is 6.07. The Hall–Kier alpha value is -2.64. The number of hydrogen-bond acceptors (Lipinski definition) is 4. The Labute approximate surface area is 118 Å². The van der Waals surface area contributed by atoms with Gasteiger partial charge in [-0.1, -0.05) is 0 Å². The lowest BCUT2D eigenvalue weighted by Gasteiger charge is -2.12. The molecule has 0 spiro atoms. The second-order valence-electron chi connectivity index (χ2n) is 4.03. The summed E-state index contributed by atoms with van der Waals surface area (Å²) in [6.07, 6.45) is -1.70. The van der Waals surface area contributed by atoms with E-state index in [1.807, 2.05) is 0 Å². The van der Waals surface area contributed by atoms with Gasteiger partial charge in [0.25, 0.3) is 5.91 Å². The second-order valence-corrected chi connectivity index (χ2v) is 4.03. The van der Waals surface area contributed by atoms with Crippen molar-refractivity contribution in [1.29, 1.82) is 0 Å². The average Bonchev–Trinajstić information content (AvgIpc) is 2.46. The van der Waals surface area contributed by atoms with Crippen molar-refractivity contribution in [3.8, 4) is 0 Å². The fraction of sp³-hybridized carbons (Fsp3) is 0.154. The number of benzene rings is 1. The molecule has 0 aliphatic carbocycles. The third-order valence-electron chi connectivity index (χ3n) is 2.65. The zero-order valence-corrected chi connectivity index (χ0v) is 10.9. The summed E-state index contributed by atoms with van der Waals surface area (Å²) in [6.45, 7) is 0. The molecule has 0 atom stereocenters. The third kappa shape index (κ3) is 3.47. The van der Waals surface area contributed by atoms with Crippen molar-refractivity contribution in [2.45, 2.75) is 6.18 Å². The van der Waals surface area contributed by atoms with E-state index in [2.05, 4.69) is 20.6 Å². The number of amides is 1. The first kappa shape index (κ1) is 14.8. The van der Waals surface area contributed by atoms with Crippen LogP contribution in [0.2, 0.25) is 0 Å². The van der Waals surface area contributed by atoms with Crippen LogP contribution in [-0.2, 0) is 6.18 Å². The molecule has 1 heterocycles. The molecule has 21 heavy (non-hydrogen) atoms. The van der Waals surface area contributed by atoms with E-state index in [4.69, 9.17) is 0 Å². The lowest BCUT2D eigenvalue weighted by molar-refractivity contribution is -0.137. The number of alkyl halides is 3. The van der Waals surface area contributed by atoms with Crippen molar-refractivity contribution in [3.05, 3.63) is 47.8 Å². The van der Waals surface area contributed by atoms with Crippen LogP contribution in [0.5, 0.6) is 0 Å². The molecule has 5 nitrogen and oxygen atoms in total. The molecule has 0 aliphatic rings. The van der Waals surface area contributed by atoms with Gasteiger partial charge in [0, 0.05) is 25.1 Å². The Morgan fingerprint density at radius 3 is 2.43 bits per heavy atom. The van der Waals surface area contributed by atoms with Crippen LogP contribution in [0, 0.1) is 0 Å². The molecule has 110 valence electrons. The molecule has 0 saturated carbocycles. The number of nitrogens with zero attached hydrogens (tertiary/aromatic N) is 2. The predicted molar refractivity (Wildman–Crippen MR) is 71.0 cm³/mol. The van der Waals surface area contributed by atoms with E-state index >= 15 is 0 Å². The monoisotopic (exact) mass is 296 g/mol. The van der Waals surface area contributed by atoms with E-state index in [1.54, 1.807) is 6.07 Å². The molecule has 1 aromatic carbocycles. The van der Waals surface area contributed by atoms with Crippen molar-refractivity contribution in [1.82, 2.24) is 9.97 Å². The SMILES string of the molecule is CNc1ccc(C(F)(F)F)cc1C(=O)Nc1ncccn1. The lowest BCUT2D eigenvalue weighted by atomic mass is 10.1. The smallest absolute Gasteiger partial charge is 0.387 e. The van der Waals surface area contributed by atoms with Crippen molar-refractivity contribution < 1.29 is 18.0 Å². The summed E-state index contributed by atoms with van der Waals surface area (Å²) in [4.78, 5) is 19.6.